The van der Waals surface area contributed by atoms with Gasteiger partial charge in [0.15, 0.2) is 0 Å². The maximum Gasteiger partial charge on any atom is -0.0130 e. The molecule has 0 saturated heterocycles. The summed E-state index contributed by atoms with van der Waals surface area (Å²) >= 11 is 0. The Labute approximate surface area is 170 Å². The first kappa shape index (κ1) is 18.0. The van der Waals surface area contributed by atoms with Crippen molar-refractivity contribution in [3.8, 4) is 0 Å². The van der Waals surface area contributed by atoms with Crippen LogP contribution in [0.5, 0.6) is 0 Å². The fraction of sp³-hybridized carbons (Fsp3) is 0.429. The first-order chi connectivity index (χ1) is 13.8. The summed E-state index contributed by atoms with van der Waals surface area (Å²) in [4.78, 5) is 0. The quantitative estimate of drug-likeness (QED) is 0.441. The molecule has 3 aliphatic rings. The Bertz CT molecular complexity index is 940. The monoisotopic (exact) mass is 368 g/mol. The van der Waals surface area contributed by atoms with E-state index in [1.807, 2.05) is 0 Å². The molecule has 0 aromatic heterocycles. The lowest BCUT2D eigenvalue weighted by Gasteiger charge is -2.14. The zero-order valence-corrected chi connectivity index (χ0v) is 17.0. The second-order valence-corrected chi connectivity index (χ2v) is 9.27. The largest absolute Gasteiger partial charge is 0.0836 e. The van der Waals surface area contributed by atoms with Gasteiger partial charge >= 0.3 is 0 Å². The van der Waals surface area contributed by atoms with Crippen molar-refractivity contribution in [2.45, 2.75) is 64.2 Å². The van der Waals surface area contributed by atoms with Crippen molar-refractivity contribution in [3.05, 3.63) is 76.9 Å². The van der Waals surface area contributed by atoms with Crippen LogP contribution in [0.4, 0.5) is 0 Å². The Morgan fingerprint density at radius 1 is 0.893 bits per heavy atom. The lowest BCUT2D eigenvalue weighted by atomic mass is 9.91. The summed E-state index contributed by atoms with van der Waals surface area (Å²) in [6.45, 7) is 0. The Balaban J connectivity index is 1.43. The van der Waals surface area contributed by atoms with Gasteiger partial charge in [-0.2, -0.15) is 0 Å². The predicted molar refractivity (Wildman–Crippen MR) is 121 cm³/mol. The van der Waals surface area contributed by atoms with Crippen LogP contribution < -0.4 is 0 Å². The van der Waals surface area contributed by atoms with Crippen molar-refractivity contribution < 1.29 is 0 Å². The van der Waals surface area contributed by atoms with E-state index in [0.29, 0.717) is 0 Å². The Morgan fingerprint density at radius 2 is 1.86 bits per heavy atom. The molecule has 2 unspecified atom stereocenters. The predicted octanol–water partition coefficient (Wildman–Crippen LogP) is 8.03. The molecule has 0 heterocycles. The van der Waals surface area contributed by atoms with Gasteiger partial charge in [0, 0.05) is 0 Å². The van der Waals surface area contributed by atoms with Gasteiger partial charge in [-0.1, -0.05) is 78.6 Å². The summed E-state index contributed by atoms with van der Waals surface area (Å²) in [5.41, 5.74) is 6.14. The number of benzene rings is 2. The second kappa shape index (κ2) is 8.11. The highest BCUT2D eigenvalue weighted by Gasteiger charge is 2.25. The van der Waals surface area contributed by atoms with Crippen LogP contribution in [0.3, 0.4) is 0 Å². The summed E-state index contributed by atoms with van der Waals surface area (Å²) in [6, 6.07) is 13.9. The topological polar surface area (TPSA) is 0 Å². The van der Waals surface area contributed by atoms with Gasteiger partial charge in [0.05, 0.1) is 0 Å². The first-order valence-corrected chi connectivity index (χ1v) is 11.4. The van der Waals surface area contributed by atoms with Gasteiger partial charge in [0.1, 0.15) is 0 Å². The molecule has 0 heteroatoms. The molecule has 5 rings (SSSR count). The highest BCUT2D eigenvalue weighted by atomic mass is 14.3. The van der Waals surface area contributed by atoms with E-state index in [9.17, 15) is 0 Å². The molecule has 144 valence electrons. The van der Waals surface area contributed by atoms with Crippen molar-refractivity contribution in [2.24, 2.45) is 11.8 Å². The highest BCUT2D eigenvalue weighted by Crippen LogP contribution is 2.38. The molecule has 2 aromatic carbocycles. The van der Waals surface area contributed by atoms with Crippen LogP contribution in [-0.2, 0) is 6.42 Å². The van der Waals surface area contributed by atoms with Crippen molar-refractivity contribution in [2.75, 3.05) is 0 Å². The summed E-state index contributed by atoms with van der Waals surface area (Å²) in [6.07, 6.45) is 22.9. The summed E-state index contributed by atoms with van der Waals surface area (Å²) in [7, 11) is 0. The van der Waals surface area contributed by atoms with E-state index in [4.69, 9.17) is 0 Å². The van der Waals surface area contributed by atoms with Crippen molar-refractivity contribution in [1.82, 2.24) is 0 Å². The molecule has 1 fully saturated rings. The fourth-order valence-corrected chi connectivity index (χ4v) is 5.65. The molecule has 28 heavy (non-hydrogen) atoms. The lowest BCUT2D eigenvalue weighted by molar-refractivity contribution is 0.450. The van der Waals surface area contributed by atoms with Crippen LogP contribution >= 0.6 is 0 Å². The van der Waals surface area contributed by atoms with Gasteiger partial charge in [0.25, 0.3) is 0 Å². The molecule has 2 aromatic rings. The number of fused-ring (bicyclic) bond motifs is 4. The van der Waals surface area contributed by atoms with Crippen LogP contribution in [0.2, 0.25) is 0 Å². The Hall–Kier alpha value is -2.08. The van der Waals surface area contributed by atoms with Crippen LogP contribution in [0.15, 0.2) is 65.8 Å². The van der Waals surface area contributed by atoms with Gasteiger partial charge in [-0.3, -0.25) is 0 Å². The molecule has 6 bridgehead atoms. The Morgan fingerprint density at radius 3 is 2.86 bits per heavy atom. The van der Waals surface area contributed by atoms with E-state index in [1.54, 1.807) is 16.7 Å². The molecule has 0 N–H and O–H groups in total. The van der Waals surface area contributed by atoms with Crippen molar-refractivity contribution in [3.63, 3.8) is 0 Å². The van der Waals surface area contributed by atoms with Crippen LogP contribution in [0, 0.1) is 11.8 Å². The van der Waals surface area contributed by atoms with E-state index < -0.39 is 0 Å². The normalized spacial score (nSPS) is 26.6. The van der Waals surface area contributed by atoms with E-state index in [2.05, 4.69) is 60.7 Å². The number of hydrogen-bond donors (Lipinski definition) is 0. The van der Waals surface area contributed by atoms with Gasteiger partial charge in [0.2, 0.25) is 0 Å². The highest BCUT2D eigenvalue weighted by molar-refractivity contribution is 5.87. The zero-order chi connectivity index (χ0) is 18.8. The number of allylic oxidation sites excluding steroid dienone is 5. The lowest BCUT2D eigenvalue weighted by Crippen LogP contribution is -2.02. The maximum atomic E-state index is 2.50. The average molecular weight is 369 g/mol. The summed E-state index contributed by atoms with van der Waals surface area (Å²) in [5.74, 6) is 1.85. The molecule has 3 aliphatic carbocycles. The zero-order valence-electron chi connectivity index (χ0n) is 17.0. The fourth-order valence-electron chi connectivity index (χ4n) is 5.65. The molecule has 2 atom stereocenters. The molecule has 0 aliphatic heterocycles. The van der Waals surface area contributed by atoms with E-state index in [-0.39, 0.29) is 0 Å². The molecule has 0 amide bonds. The van der Waals surface area contributed by atoms with Crippen LogP contribution in [0.1, 0.15) is 68.9 Å². The van der Waals surface area contributed by atoms with Crippen LogP contribution in [0.25, 0.3) is 16.8 Å². The summed E-state index contributed by atoms with van der Waals surface area (Å²) < 4.78 is 0. The SMILES string of the molecule is C1=C2C=C(C1)CCCC1CCC(Cc3cccc4ccc(cc34)/C=C\CC2)C1. The van der Waals surface area contributed by atoms with Gasteiger partial charge in [-0.25, -0.2) is 0 Å². The standard InChI is InChI=1S/C28H32/c1-2-6-24-15-16-26-9-4-10-27(28(26)20-24)19-25-14-13-23(18-25)8-3-7-22-12-11-21(5-1)17-22/h2,4,6,9-11,15-17,20,23,25H,1,3,5,7-8,12-14,18-19H2/b6-2-. The van der Waals surface area contributed by atoms with Crippen molar-refractivity contribution >= 4 is 16.8 Å². The van der Waals surface area contributed by atoms with Crippen molar-refractivity contribution in [1.29, 1.82) is 0 Å². The molecular weight excluding hydrogens is 336 g/mol. The molecule has 0 nitrogen and oxygen atoms in total. The third-order valence-corrected chi connectivity index (χ3v) is 7.19. The van der Waals surface area contributed by atoms with Crippen LogP contribution in [-0.4, -0.2) is 0 Å². The molecular formula is C28H32. The van der Waals surface area contributed by atoms with E-state index >= 15 is 0 Å². The number of rotatable bonds is 0. The smallest absolute Gasteiger partial charge is 0.0130 e. The summed E-state index contributed by atoms with van der Waals surface area (Å²) in [5, 5.41) is 2.87. The van der Waals surface area contributed by atoms with Gasteiger partial charge < -0.3 is 0 Å². The van der Waals surface area contributed by atoms with E-state index in [0.717, 1.165) is 18.3 Å². The third-order valence-electron chi connectivity index (χ3n) is 7.19. The third kappa shape index (κ3) is 4.02. The van der Waals surface area contributed by atoms with Gasteiger partial charge in [-0.05, 0) is 91.2 Å². The maximum absolute atomic E-state index is 2.50. The van der Waals surface area contributed by atoms with Gasteiger partial charge in [-0.15, -0.1) is 0 Å². The first-order valence-electron chi connectivity index (χ1n) is 11.4. The second-order valence-electron chi connectivity index (χ2n) is 9.27. The Kier molecular flexibility index (Phi) is 5.21. The molecule has 0 spiro atoms. The minimum Gasteiger partial charge on any atom is -0.0836 e. The van der Waals surface area contributed by atoms with E-state index in [1.165, 1.54) is 74.1 Å². The average Bonchev–Trinajstić information content (AvgIpc) is 3.35. The number of hydrogen-bond acceptors (Lipinski definition) is 0. The minimum atomic E-state index is 0.882. The molecule has 1 saturated carbocycles. The molecule has 0 radical (unpaired) electrons. The minimum absolute atomic E-state index is 0.882.